The Bertz CT molecular complexity index is 396. The van der Waals surface area contributed by atoms with Gasteiger partial charge in [0.2, 0.25) is 0 Å². The van der Waals surface area contributed by atoms with Gasteiger partial charge in [0.1, 0.15) is 5.75 Å². The van der Waals surface area contributed by atoms with Gasteiger partial charge < -0.3 is 0 Å². The molecule has 1 rings (SSSR count). The van der Waals surface area contributed by atoms with Crippen LogP contribution in [0.4, 0.5) is 0 Å². The lowest BCUT2D eigenvalue weighted by Crippen LogP contribution is -2.02. The highest BCUT2D eigenvalue weighted by Crippen LogP contribution is 2.25. The number of rotatable bonds is 2. The van der Waals surface area contributed by atoms with Crippen molar-refractivity contribution in [3.63, 3.8) is 0 Å². The SMILES string of the molecule is Cl.O=S(=O)(O)Cc1c(Cl)cccc1Cl. The van der Waals surface area contributed by atoms with Crippen molar-refractivity contribution in [2.75, 3.05) is 0 Å². The van der Waals surface area contributed by atoms with Gasteiger partial charge in [-0.1, -0.05) is 29.3 Å². The molecule has 0 aliphatic rings. The molecule has 0 bridgehead atoms. The van der Waals surface area contributed by atoms with Crippen LogP contribution in [-0.4, -0.2) is 13.0 Å². The van der Waals surface area contributed by atoms with Crippen molar-refractivity contribution in [3.05, 3.63) is 33.8 Å². The zero-order chi connectivity index (χ0) is 10.1. The molecule has 0 aromatic heterocycles. The standard InChI is InChI=1S/C7H6Cl2O3S.ClH/c8-6-2-1-3-7(9)5(6)4-13(10,11)12;/h1-3H,4H2,(H,10,11,12);1H. The number of benzene rings is 1. The summed E-state index contributed by atoms with van der Waals surface area (Å²) in [7, 11) is -4.09. The van der Waals surface area contributed by atoms with Crippen molar-refractivity contribution in [2.24, 2.45) is 0 Å². The fraction of sp³-hybridized carbons (Fsp3) is 0.143. The second-order valence-electron chi connectivity index (χ2n) is 2.43. The molecule has 14 heavy (non-hydrogen) atoms. The van der Waals surface area contributed by atoms with Crippen molar-refractivity contribution in [1.82, 2.24) is 0 Å². The molecule has 0 fully saturated rings. The summed E-state index contributed by atoms with van der Waals surface area (Å²) in [5.41, 5.74) is 0.216. The Kier molecular flexibility index (Phi) is 5.19. The van der Waals surface area contributed by atoms with Crippen LogP contribution in [0.15, 0.2) is 18.2 Å². The molecule has 0 saturated heterocycles. The normalized spacial score (nSPS) is 10.8. The number of hydrogen-bond donors (Lipinski definition) is 1. The molecule has 0 amide bonds. The summed E-state index contributed by atoms with van der Waals surface area (Å²) < 4.78 is 29.7. The quantitative estimate of drug-likeness (QED) is 0.846. The zero-order valence-electron chi connectivity index (χ0n) is 6.78. The summed E-state index contributed by atoms with van der Waals surface area (Å²) in [6.45, 7) is 0. The molecule has 1 aromatic carbocycles. The lowest BCUT2D eigenvalue weighted by Gasteiger charge is -2.03. The first-order chi connectivity index (χ1) is 5.90. The highest BCUT2D eigenvalue weighted by atomic mass is 35.5. The van der Waals surface area contributed by atoms with E-state index in [1.165, 1.54) is 12.1 Å². The molecule has 0 atom stereocenters. The van der Waals surface area contributed by atoms with Crippen LogP contribution in [0.25, 0.3) is 0 Å². The largest absolute Gasteiger partial charge is 0.285 e. The first-order valence-electron chi connectivity index (χ1n) is 3.28. The Balaban J connectivity index is 0.00000169. The van der Waals surface area contributed by atoms with Gasteiger partial charge in [-0.05, 0) is 12.1 Å². The lowest BCUT2D eigenvalue weighted by molar-refractivity contribution is 0.482. The maximum Gasteiger partial charge on any atom is 0.269 e. The van der Waals surface area contributed by atoms with E-state index in [1.54, 1.807) is 6.07 Å². The molecule has 0 saturated carbocycles. The van der Waals surface area contributed by atoms with Crippen LogP contribution in [0.5, 0.6) is 0 Å². The van der Waals surface area contributed by atoms with Gasteiger partial charge in [0, 0.05) is 15.6 Å². The highest BCUT2D eigenvalue weighted by Gasteiger charge is 2.12. The molecular formula is C7H7Cl3O3S. The Morgan fingerprint density at radius 1 is 1.21 bits per heavy atom. The smallest absolute Gasteiger partial charge is 0.269 e. The van der Waals surface area contributed by atoms with Crippen molar-refractivity contribution in [1.29, 1.82) is 0 Å². The molecule has 0 unspecified atom stereocenters. The minimum atomic E-state index is -4.09. The minimum absolute atomic E-state index is 0. The Labute approximate surface area is 98.2 Å². The average Bonchev–Trinajstić information content (AvgIpc) is 1.95. The van der Waals surface area contributed by atoms with Crippen molar-refractivity contribution in [2.45, 2.75) is 5.75 Å². The number of hydrogen-bond acceptors (Lipinski definition) is 2. The predicted molar refractivity (Wildman–Crippen MR) is 59.0 cm³/mol. The van der Waals surface area contributed by atoms with Crippen molar-refractivity contribution in [3.8, 4) is 0 Å². The number of halogens is 3. The monoisotopic (exact) mass is 276 g/mol. The van der Waals surface area contributed by atoms with Crippen LogP contribution in [0.3, 0.4) is 0 Å². The van der Waals surface area contributed by atoms with E-state index in [0.717, 1.165) is 0 Å². The van der Waals surface area contributed by atoms with E-state index >= 15 is 0 Å². The van der Waals surface area contributed by atoms with Gasteiger partial charge in [-0.3, -0.25) is 4.55 Å². The van der Waals surface area contributed by atoms with Gasteiger partial charge in [-0.2, -0.15) is 8.42 Å². The van der Waals surface area contributed by atoms with Crippen molar-refractivity contribution < 1.29 is 13.0 Å². The molecule has 0 spiro atoms. The third-order valence-corrected chi connectivity index (χ3v) is 2.75. The van der Waals surface area contributed by atoms with Gasteiger partial charge in [0.25, 0.3) is 10.1 Å². The maximum absolute atomic E-state index is 10.5. The second kappa shape index (κ2) is 5.19. The summed E-state index contributed by atoms with van der Waals surface area (Å²) >= 11 is 11.4. The molecule has 1 aromatic rings. The van der Waals surface area contributed by atoms with E-state index in [4.69, 9.17) is 27.8 Å². The second-order valence-corrected chi connectivity index (χ2v) is 4.69. The lowest BCUT2D eigenvalue weighted by atomic mass is 10.2. The molecule has 7 heteroatoms. The highest BCUT2D eigenvalue weighted by molar-refractivity contribution is 7.85. The van der Waals surface area contributed by atoms with Gasteiger partial charge in [0.05, 0.1) is 0 Å². The van der Waals surface area contributed by atoms with Crippen LogP contribution in [-0.2, 0) is 15.9 Å². The van der Waals surface area contributed by atoms with E-state index < -0.39 is 15.9 Å². The molecule has 3 nitrogen and oxygen atoms in total. The van der Waals surface area contributed by atoms with Gasteiger partial charge >= 0.3 is 0 Å². The van der Waals surface area contributed by atoms with E-state index in [9.17, 15) is 8.42 Å². The average molecular weight is 278 g/mol. The molecular weight excluding hydrogens is 270 g/mol. The van der Waals surface area contributed by atoms with Gasteiger partial charge in [-0.25, -0.2) is 0 Å². The summed E-state index contributed by atoms with van der Waals surface area (Å²) in [6.07, 6.45) is 0. The Hall–Kier alpha value is -0.000000000000000167. The van der Waals surface area contributed by atoms with Crippen LogP contribution in [0.2, 0.25) is 10.0 Å². The molecule has 0 radical (unpaired) electrons. The molecule has 80 valence electrons. The molecule has 0 heterocycles. The first kappa shape index (κ1) is 14.0. The third kappa shape index (κ3) is 4.02. The summed E-state index contributed by atoms with van der Waals surface area (Å²) in [5, 5.41) is 0.454. The molecule has 0 aliphatic heterocycles. The topological polar surface area (TPSA) is 54.4 Å². The maximum atomic E-state index is 10.5. The Morgan fingerprint density at radius 3 is 2.00 bits per heavy atom. The van der Waals surface area contributed by atoms with E-state index in [1.807, 2.05) is 0 Å². The van der Waals surface area contributed by atoms with Crippen LogP contribution >= 0.6 is 35.6 Å². The fourth-order valence-electron chi connectivity index (χ4n) is 0.853. The predicted octanol–water partition coefficient (Wildman–Crippen LogP) is 2.80. The first-order valence-corrected chi connectivity index (χ1v) is 5.65. The summed E-state index contributed by atoms with van der Waals surface area (Å²) in [6, 6.07) is 4.61. The Morgan fingerprint density at radius 2 is 1.64 bits per heavy atom. The zero-order valence-corrected chi connectivity index (χ0v) is 9.92. The summed E-state index contributed by atoms with van der Waals surface area (Å²) in [5.74, 6) is -0.564. The van der Waals surface area contributed by atoms with E-state index in [0.29, 0.717) is 0 Å². The van der Waals surface area contributed by atoms with Crippen molar-refractivity contribution >= 4 is 45.7 Å². The minimum Gasteiger partial charge on any atom is -0.285 e. The summed E-state index contributed by atoms with van der Waals surface area (Å²) in [4.78, 5) is 0. The van der Waals surface area contributed by atoms with Gasteiger partial charge in [-0.15, -0.1) is 12.4 Å². The fourth-order valence-corrected chi connectivity index (χ4v) is 2.22. The van der Waals surface area contributed by atoms with Crippen LogP contribution in [0.1, 0.15) is 5.56 Å². The van der Waals surface area contributed by atoms with E-state index in [-0.39, 0.29) is 28.0 Å². The van der Waals surface area contributed by atoms with Crippen LogP contribution in [0, 0.1) is 0 Å². The van der Waals surface area contributed by atoms with Gasteiger partial charge in [0.15, 0.2) is 0 Å². The van der Waals surface area contributed by atoms with E-state index in [2.05, 4.69) is 0 Å². The molecule has 1 N–H and O–H groups in total. The third-order valence-electron chi connectivity index (χ3n) is 1.39. The molecule has 0 aliphatic carbocycles. The van der Waals surface area contributed by atoms with Crippen LogP contribution < -0.4 is 0 Å².